The number of aromatic nitrogens is 2. The van der Waals surface area contributed by atoms with Crippen LogP contribution < -0.4 is 5.56 Å². The molecule has 0 bridgehead atoms. The summed E-state index contributed by atoms with van der Waals surface area (Å²) in [6.45, 7) is 5.48. The van der Waals surface area contributed by atoms with E-state index in [1.54, 1.807) is 20.0 Å². The van der Waals surface area contributed by atoms with E-state index in [1.807, 2.05) is 6.92 Å². The Kier molecular flexibility index (Phi) is 3.74. The normalized spacial score (nSPS) is 11.4. The van der Waals surface area contributed by atoms with Crippen molar-refractivity contribution >= 4 is 17.7 Å². The third-order valence-electron chi connectivity index (χ3n) is 2.09. The first kappa shape index (κ1) is 12.8. The second-order valence-corrected chi connectivity index (χ2v) is 5.35. The van der Waals surface area contributed by atoms with Gasteiger partial charge in [-0.2, -0.15) is 0 Å². The molecule has 0 spiro atoms. The number of nitrogens with zero attached hydrogens (tertiary/aromatic N) is 2. The first-order chi connectivity index (χ1) is 7.38. The Morgan fingerprint density at radius 2 is 2.25 bits per heavy atom. The molecule has 1 aromatic rings. The van der Waals surface area contributed by atoms with E-state index in [0.717, 1.165) is 11.8 Å². The predicted octanol–water partition coefficient (Wildman–Crippen LogP) is 1.22. The van der Waals surface area contributed by atoms with Crippen LogP contribution in [0.25, 0.3) is 0 Å². The molecule has 0 saturated carbocycles. The average molecular weight is 242 g/mol. The molecule has 5 nitrogen and oxygen atoms in total. The lowest BCUT2D eigenvalue weighted by Crippen LogP contribution is -2.30. The molecule has 0 fully saturated rings. The summed E-state index contributed by atoms with van der Waals surface area (Å²) in [6, 6.07) is 0. The molecular weight excluding hydrogens is 228 g/mol. The van der Waals surface area contributed by atoms with Crippen LogP contribution in [0.1, 0.15) is 20.8 Å². The van der Waals surface area contributed by atoms with Crippen molar-refractivity contribution in [2.45, 2.75) is 37.1 Å². The summed E-state index contributed by atoms with van der Waals surface area (Å²) in [4.78, 5) is 26.6. The van der Waals surface area contributed by atoms with Gasteiger partial charge < -0.3 is 9.67 Å². The third-order valence-corrected chi connectivity index (χ3v) is 3.25. The van der Waals surface area contributed by atoms with Gasteiger partial charge in [-0.1, -0.05) is 11.8 Å². The van der Waals surface area contributed by atoms with E-state index in [0.29, 0.717) is 6.54 Å². The van der Waals surface area contributed by atoms with E-state index < -0.39 is 10.7 Å². The Morgan fingerprint density at radius 1 is 1.62 bits per heavy atom. The van der Waals surface area contributed by atoms with Gasteiger partial charge in [-0.3, -0.25) is 9.59 Å². The topological polar surface area (TPSA) is 72.2 Å². The van der Waals surface area contributed by atoms with Gasteiger partial charge in [-0.25, -0.2) is 4.98 Å². The number of aryl methyl sites for hydroxylation is 1. The van der Waals surface area contributed by atoms with Gasteiger partial charge >= 0.3 is 5.97 Å². The number of carboxylic acids is 1. The maximum Gasteiger partial charge on any atom is 0.319 e. The summed E-state index contributed by atoms with van der Waals surface area (Å²) < 4.78 is 0.437. The van der Waals surface area contributed by atoms with Crippen LogP contribution in [0.3, 0.4) is 0 Å². The highest BCUT2D eigenvalue weighted by atomic mass is 32.2. The first-order valence-corrected chi connectivity index (χ1v) is 5.68. The van der Waals surface area contributed by atoms with E-state index >= 15 is 0 Å². The average Bonchev–Trinajstić information content (AvgIpc) is 2.20. The number of hydrogen-bond donors (Lipinski definition) is 1. The molecule has 16 heavy (non-hydrogen) atoms. The quantitative estimate of drug-likeness (QED) is 0.804. The van der Waals surface area contributed by atoms with Crippen LogP contribution in [-0.2, 0) is 11.3 Å². The number of hydrogen-bond acceptors (Lipinski definition) is 4. The molecule has 0 aromatic carbocycles. The van der Waals surface area contributed by atoms with Crippen molar-refractivity contribution < 1.29 is 9.90 Å². The molecule has 88 valence electrons. The van der Waals surface area contributed by atoms with Gasteiger partial charge in [0.1, 0.15) is 4.75 Å². The number of rotatable bonds is 4. The SMILES string of the molecule is CCn1ccnc(SC(C)(C)C(=O)O)c1=O. The monoisotopic (exact) mass is 242 g/mol. The largest absolute Gasteiger partial charge is 0.480 e. The molecule has 0 aliphatic heterocycles. The third kappa shape index (κ3) is 2.63. The lowest BCUT2D eigenvalue weighted by atomic mass is 10.2. The molecule has 1 aromatic heterocycles. The van der Waals surface area contributed by atoms with E-state index in [-0.39, 0.29) is 10.6 Å². The smallest absolute Gasteiger partial charge is 0.319 e. The van der Waals surface area contributed by atoms with Crippen LogP contribution >= 0.6 is 11.8 Å². The van der Waals surface area contributed by atoms with Crippen molar-refractivity contribution in [1.29, 1.82) is 0 Å². The standard InChI is InChI=1S/C10H14N2O3S/c1-4-12-6-5-11-7(8(12)13)16-10(2,3)9(14)15/h5-6H,4H2,1-3H3,(H,14,15). The molecule has 0 saturated heterocycles. The van der Waals surface area contributed by atoms with Gasteiger partial charge in [-0.15, -0.1) is 0 Å². The minimum atomic E-state index is -1.06. The number of carbonyl (C=O) groups is 1. The van der Waals surface area contributed by atoms with Crippen molar-refractivity contribution in [2.75, 3.05) is 0 Å². The fraction of sp³-hybridized carbons (Fsp3) is 0.500. The van der Waals surface area contributed by atoms with Crippen LogP contribution in [-0.4, -0.2) is 25.4 Å². The van der Waals surface area contributed by atoms with Crippen LogP contribution in [0.15, 0.2) is 22.2 Å². The van der Waals surface area contributed by atoms with E-state index in [4.69, 9.17) is 5.11 Å². The van der Waals surface area contributed by atoms with Crippen LogP contribution in [0, 0.1) is 0 Å². The van der Waals surface area contributed by atoms with E-state index in [2.05, 4.69) is 4.98 Å². The molecule has 1 heterocycles. The van der Waals surface area contributed by atoms with Crippen molar-refractivity contribution in [3.8, 4) is 0 Å². The van der Waals surface area contributed by atoms with Crippen LogP contribution in [0.4, 0.5) is 0 Å². The van der Waals surface area contributed by atoms with E-state index in [9.17, 15) is 9.59 Å². The highest BCUT2D eigenvalue weighted by Crippen LogP contribution is 2.28. The highest BCUT2D eigenvalue weighted by molar-refractivity contribution is 8.01. The van der Waals surface area contributed by atoms with Crippen molar-refractivity contribution in [3.05, 3.63) is 22.7 Å². The Bertz CT molecular complexity index is 454. The molecule has 6 heteroatoms. The maximum absolute atomic E-state index is 11.8. The summed E-state index contributed by atoms with van der Waals surface area (Å²) in [5.74, 6) is -0.967. The fourth-order valence-electron chi connectivity index (χ4n) is 1.03. The zero-order valence-electron chi connectivity index (χ0n) is 9.43. The fourth-order valence-corrected chi connectivity index (χ4v) is 1.92. The van der Waals surface area contributed by atoms with Crippen LogP contribution in [0.2, 0.25) is 0 Å². The van der Waals surface area contributed by atoms with Gasteiger partial charge in [-0.05, 0) is 20.8 Å². The Balaban J connectivity index is 3.08. The predicted molar refractivity (Wildman–Crippen MR) is 61.7 cm³/mol. The maximum atomic E-state index is 11.8. The first-order valence-electron chi connectivity index (χ1n) is 4.86. The Labute approximate surface area is 97.5 Å². The van der Waals surface area contributed by atoms with Gasteiger partial charge in [0.25, 0.3) is 5.56 Å². The minimum absolute atomic E-state index is 0.219. The lowest BCUT2D eigenvalue weighted by Gasteiger charge is -2.17. The molecule has 0 aliphatic rings. The number of thioether (sulfide) groups is 1. The number of carboxylic acid groups (broad SMARTS) is 1. The molecule has 0 amide bonds. The summed E-state index contributed by atoms with van der Waals surface area (Å²) in [7, 11) is 0. The number of aliphatic carboxylic acids is 1. The Hall–Kier alpha value is -1.30. The second-order valence-electron chi connectivity index (χ2n) is 3.74. The molecule has 1 rings (SSSR count). The molecule has 0 aliphatic carbocycles. The highest BCUT2D eigenvalue weighted by Gasteiger charge is 2.30. The van der Waals surface area contributed by atoms with Gasteiger partial charge in [0, 0.05) is 18.9 Å². The van der Waals surface area contributed by atoms with Gasteiger partial charge in [0.15, 0.2) is 5.03 Å². The zero-order valence-corrected chi connectivity index (χ0v) is 10.2. The van der Waals surface area contributed by atoms with Crippen molar-refractivity contribution in [1.82, 2.24) is 9.55 Å². The molecule has 1 N–H and O–H groups in total. The van der Waals surface area contributed by atoms with Crippen LogP contribution in [0.5, 0.6) is 0 Å². The summed E-state index contributed by atoms with van der Waals surface area (Å²) in [5, 5.41) is 9.18. The molecule has 0 unspecified atom stereocenters. The Morgan fingerprint density at radius 3 is 2.75 bits per heavy atom. The minimum Gasteiger partial charge on any atom is -0.480 e. The zero-order chi connectivity index (χ0) is 12.3. The second kappa shape index (κ2) is 4.69. The van der Waals surface area contributed by atoms with Crippen molar-refractivity contribution in [3.63, 3.8) is 0 Å². The summed E-state index contributed by atoms with van der Waals surface area (Å²) in [6.07, 6.45) is 3.09. The summed E-state index contributed by atoms with van der Waals surface area (Å²) >= 11 is 0.966. The molecule has 0 radical (unpaired) electrons. The molecule has 0 atom stereocenters. The van der Waals surface area contributed by atoms with Crippen molar-refractivity contribution in [2.24, 2.45) is 0 Å². The summed E-state index contributed by atoms with van der Waals surface area (Å²) in [5.41, 5.74) is -0.246. The van der Waals surface area contributed by atoms with Gasteiger partial charge in [0.2, 0.25) is 0 Å². The molecular formula is C10H14N2O3S. The van der Waals surface area contributed by atoms with E-state index in [1.165, 1.54) is 10.8 Å². The lowest BCUT2D eigenvalue weighted by molar-refractivity contribution is -0.138. The van der Waals surface area contributed by atoms with Gasteiger partial charge in [0.05, 0.1) is 0 Å².